The number of hydrogen-bond donors (Lipinski definition) is 0. The number of allylic oxidation sites excluding steroid dienone is 1. The number of ketones is 1. The zero-order chi connectivity index (χ0) is 10.4. The topological polar surface area (TPSA) is 43.4 Å². The van der Waals surface area contributed by atoms with Gasteiger partial charge in [-0.05, 0) is 18.6 Å². The van der Waals surface area contributed by atoms with E-state index in [0.29, 0.717) is 12.0 Å². The molecule has 0 N–H and O–H groups in total. The van der Waals surface area contributed by atoms with Crippen LogP contribution in [-0.4, -0.2) is 18.9 Å². The summed E-state index contributed by atoms with van der Waals surface area (Å²) < 4.78 is 4.43. The van der Waals surface area contributed by atoms with E-state index in [1.165, 1.54) is 13.2 Å². The molecule has 0 atom stereocenters. The molecule has 13 heavy (non-hydrogen) atoms. The first-order chi connectivity index (χ1) is 6.02. The highest BCUT2D eigenvalue weighted by atomic mass is 16.5. The van der Waals surface area contributed by atoms with Gasteiger partial charge in [0.1, 0.15) is 0 Å². The Hall–Kier alpha value is -1.38. The standard InChI is InChI=1S/C10H14O3/c1-5-9(11)7(2)6-8(3)10(12)13-4/h6H,3,5H2,1-2,4H3/b7-6+. The Morgan fingerprint density at radius 3 is 2.38 bits per heavy atom. The van der Waals surface area contributed by atoms with Crippen LogP contribution < -0.4 is 0 Å². The number of carbonyl (C=O) groups excluding carboxylic acids is 2. The van der Waals surface area contributed by atoms with E-state index in [1.54, 1.807) is 13.8 Å². The molecule has 0 bridgehead atoms. The predicted molar refractivity (Wildman–Crippen MR) is 50.2 cm³/mol. The van der Waals surface area contributed by atoms with Crippen LogP contribution >= 0.6 is 0 Å². The van der Waals surface area contributed by atoms with Gasteiger partial charge in [0.25, 0.3) is 0 Å². The lowest BCUT2D eigenvalue weighted by Gasteiger charge is -1.99. The minimum absolute atomic E-state index is 0.00468. The average Bonchev–Trinajstić information content (AvgIpc) is 2.14. The van der Waals surface area contributed by atoms with Crippen molar-refractivity contribution in [1.29, 1.82) is 0 Å². The third kappa shape index (κ3) is 3.69. The monoisotopic (exact) mass is 182 g/mol. The van der Waals surface area contributed by atoms with Crippen molar-refractivity contribution >= 4 is 11.8 Å². The second-order valence-corrected chi connectivity index (χ2v) is 2.62. The van der Waals surface area contributed by atoms with Gasteiger partial charge < -0.3 is 4.74 Å². The van der Waals surface area contributed by atoms with Crippen LogP contribution in [0.2, 0.25) is 0 Å². The fourth-order valence-electron chi connectivity index (χ4n) is 0.811. The van der Waals surface area contributed by atoms with Gasteiger partial charge in [0.2, 0.25) is 0 Å². The number of carbonyl (C=O) groups is 2. The Kier molecular flexibility index (Phi) is 4.74. The van der Waals surface area contributed by atoms with Gasteiger partial charge in [-0.1, -0.05) is 13.5 Å². The van der Waals surface area contributed by atoms with E-state index < -0.39 is 5.97 Å². The van der Waals surface area contributed by atoms with E-state index in [2.05, 4.69) is 11.3 Å². The van der Waals surface area contributed by atoms with E-state index in [4.69, 9.17) is 0 Å². The van der Waals surface area contributed by atoms with Gasteiger partial charge in [0.05, 0.1) is 12.7 Å². The van der Waals surface area contributed by atoms with Crippen molar-refractivity contribution in [1.82, 2.24) is 0 Å². The number of rotatable bonds is 4. The highest BCUT2D eigenvalue weighted by Gasteiger charge is 2.06. The Morgan fingerprint density at radius 2 is 2.00 bits per heavy atom. The van der Waals surface area contributed by atoms with E-state index in [1.807, 2.05) is 0 Å². The summed E-state index contributed by atoms with van der Waals surface area (Å²) in [6, 6.07) is 0. The van der Waals surface area contributed by atoms with Gasteiger partial charge in [0, 0.05) is 6.42 Å². The summed E-state index contributed by atoms with van der Waals surface area (Å²) in [5.74, 6) is -0.506. The van der Waals surface area contributed by atoms with Gasteiger partial charge in [-0.15, -0.1) is 0 Å². The Balaban J connectivity index is 4.48. The number of Topliss-reactive ketones (excluding diaryl/α,β-unsaturated/α-hetero) is 1. The van der Waals surface area contributed by atoms with Crippen LogP contribution in [0.1, 0.15) is 20.3 Å². The molecule has 0 aromatic carbocycles. The second-order valence-electron chi connectivity index (χ2n) is 2.62. The molecular weight excluding hydrogens is 168 g/mol. The molecule has 0 rings (SSSR count). The maximum absolute atomic E-state index is 11.1. The first-order valence-electron chi connectivity index (χ1n) is 4.01. The Morgan fingerprint density at radius 1 is 1.46 bits per heavy atom. The zero-order valence-corrected chi connectivity index (χ0v) is 8.22. The van der Waals surface area contributed by atoms with E-state index in [0.717, 1.165) is 0 Å². The van der Waals surface area contributed by atoms with Crippen LogP contribution in [0.25, 0.3) is 0 Å². The maximum atomic E-state index is 11.1. The largest absolute Gasteiger partial charge is 0.465 e. The van der Waals surface area contributed by atoms with Gasteiger partial charge >= 0.3 is 5.97 Å². The average molecular weight is 182 g/mol. The summed E-state index contributed by atoms with van der Waals surface area (Å²) in [6.45, 7) is 6.90. The summed E-state index contributed by atoms with van der Waals surface area (Å²) in [5.41, 5.74) is 0.722. The molecule has 0 radical (unpaired) electrons. The third-order valence-electron chi connectivity index (χ3n) is 1.60. The van der Waals surface area contributed by atoms with E-state index >= 15 is 0 Å². The first kappa shape index (κ1) is 11.6. The third-order valence-corrected chi connectivity index (χ3v) is 1.60. The zero-order valence-electron chi connectivity index (χ0n) is 8.22. The minimum Gasteiger partial charge on any atom is -0.465 e. The van der Waals surface area contributed by atoms with E-state index in [9.17, 15) is 9.59 Å². The molecule has 3 heteroatoms. The smallest absolute Gasteiger partial charge is 0.337 e. The van der Waals surface area contributed by atoms with Crippen molar-refractivity contribution in [3.05, 3.63) is 23.8 Å². The molecule has 0 spiro atoms. The van der Waals surface area contributed by atoms with Crippen LogP contribution in [-0.2, 0) is 14.3 Å². The highest BCUT2D eigenvalue weighted by molar-refractivity contribution is 5.98. The normalized spacial score (nSPS) is 10.8. The molecule has 0 aliphatic rings. The molecule has 0 fully saturated rings. The van der Waals surface area contributed by atoms with Crippen LogP contribution in [0.15, 0.2) is 23.8 Å². The van der Waals surface area contributed by atoms with Crippen LogP contribution in [0, 0.1) is 0 Å². The van der Waals surface area contributed by atoms with Gasteiger partial charge in [0.15, 0.2) is 5.78 Å². The molecule has 0 unspecified atom stereocenters. The Bertz CT molecular complexity index is 261. The van der Waals surface area contributed by atoms with Crippen molar-refractivity contribution in [2.24, 2.45) is 0 Å². The minimum atomic E-state index is -0.511. The number of hydrogen-bond acceptors (Lipinski definition) is 3. The lowest BCUT2D eigenvalue weighted by atomic mass is 10.1. The summed E-state index contributed by atoms with van der Waals surface area (Å²) in [5, 5.41) is 0. The van der Waals surface area contributed by atoms with Crippen molar-refractivity contribution in [3.63, 3.8) is 0 Å². The van der Waals surface area contributed by atoms with Crippen molar-refractivity contribution in [3.8, 4) is 0 Å². The van der Waals surface area contributed by atoms with Crippen molar-refractivity contribution in [2.45, 2.75) is 20.3 Å². The van der Waals surface area contributed by atoms with Crippen molar-refractivity contribution < 1.29 is 14.3 Å². The number of esters is 1. The molecule has 0 saturated carbocycles. The van der Waals surface area contributed by atoms with Crippen molar-refractivity contribution in [2.75, 3.05) is 7.11 Å². The fraction of sp³-hybridized carbons (Fsp3) is 0.400. The molecule has 0 aromatic heterocycles. The number of ether oxygens (including phenoxy) is 1. The summed E-state index contributed by atoms with van der Waals surface area (Å²) in [6.07, 6.45) is 1.87. The second kappa shape index (κ2) is 5.30. The molecule has 0 aromatic rings. The highest BCUT2D eigenvalue weighted by Crippen LogP contribution is 2.04. The van der Waals surface area contributed by atoms with Crippen LogP contribution in [0.5, 0.6) is 0 Å². The molecule has 0 heterocycles. The quantitative estimate of drug-likeness (QED) is 0.377. The first-order valence-corrected chi connectivity index (χ1v) is 4.01. The molecule has 0 aliphatic carbocycles. The van der Waals surface area contributed by atoms with Gasteiger partial charge in [-0.3, -0.25) is 4.79 Å². The van der Waals surface area contributed by atoms with Crippen LogP contribution in [0.3, 0.4) is 0 Å². The molecule has 0 amide bonds. The molecule has 0 aliphatic heterocycles. The fourth-order valence-corrected chi connectivity index (χ4v) is 0.811. The SMILES string of the molecule is C=C(/C=C(\C)C(=O)CC)C(=O)OC. The van der Waals surface area contributed by atoms with Gasteiger partial charge in [-0.25, -0.2) is 4.79 Å². The molecule has 72 valence electrons. The Labute approximate surface area is 78.1 Å². The molecule has 3 nitrogen and oxygen atoms in total. The van der Waals surface area contributed by atoms with Gasteiger partial charge in [-0.2, -0.15) is 0 Å². The lowest BCUT2D eigenvalue weighted by Crippen LogP contribution is -2.04. The summed E-state index contributed by atoms with van der Waals surface area (Å²) in [4.78, 5) is 22.0. The molecule has 0 saturated heterocycles. The maximum Gasteiger partial charge on any atom is 0.337 e. The number of methoxy groups -OCH3 is 1. The summed E-state index contributed by atoms with van der Waals surface area (Å²) in [7, 11) is 1.28. The van der Waals surface area contributed by atoms with E-state index in [-0.39, 0.29) is 11.4 Å². The predicted octanol–water partition coefficient (Wildman–Crippen LogP) is 1.64. The summed E-state index contributed by atoms with van der Waals surface area (Å²) >= 11 is 0. The van der Waals surface area contributed by atoms with Crippen LogP contribution in [0.4, 0.5) is 0 Å². The molecular formula is C10H14O3. The lowest BCUT2D eigenvalue weighted by molar-refractivity contribution is -0.135.